The Morgan fingerprint density at radius 2 is 2.18 bits per heavy atom. The molecule has 2 aromatic rings. The zero-order chi connectivity index (χ0) is 12.3. The summed E-state index contributed by atoms with van der Waals surface area (Å²) in [6.07, 6.45) is 3.45. The van der Waals surface area contributed by atoms with Gasteiger partial charge < -0.3 is 5.11 Å². The van der Waals surface area contributed by atoms with Gasteiger partial charge in [-0.3, -0.25) is 4.68 Å². The molecule has 0 fully saturated rings. The minimum atomic E-state index is -0.540. The van der Waals surface area contributed by atoms with Crippen molar-refractivity contribution in [2.75, 3.05) is 6.26 Å². The first-order chi connectivity index (χ1) is 8.22. The van der Waals surface area contributed by atoms with E-state index >= 15 is 0 Å². The predicted molar refractivity (Wildman–Crippen MR) is 67.9 cm³/mol. The first-order valence-corrected chi connectivity index (χ1v) is 6.58. The molecule has 1 aromatic heterocycles. The van der Waals surface area contributed by atoms with Crippen LogP contribution < -0.4 is 0 Å². The summed E-state index contributed by atoms with van der Waals surface area (Å²) in [6, 6.07) is 7.88. The third-order valence-electron chi connectivity index (χ3n) is 2.68. The van der Waals surface area contributed by atoms with Crippen molar-refractivity contribution in [3.05, 3.63) is 42.0 Å². The second-order valence-electron chi connectivity index (χ2n) is 3.76. The van der Waals surface area contributed by atoms with E-state index in [2.05, 4.69) is 10.1 Å². The third-order valence-corrected chi connectivity index (χ3v) is 3.49. The number of aromatic nitrogens is 3. The van der Waals surface area contributed by atoms with Gasteiger partial charge in [0.15, 0.2) is 0 Å². The van der Waals surface area contributed by atoms with Crippen LogP contribution in [-0.4, -0.2) is 26.1 Å². The summed E-state index contributed by atoms with van der Waals surface area (Å²) in [7, 11) is 1.83. The van der Waals surface area contributed by atoms with E-state index in [-0.39, 0.29) is 0 Å². The Hall–Kier alpha value is -1.33. The van der Waals surface area contributed by atoms with Crippen molar-refractivity contribution in [2.24, 2.45) is 7.05 Å². The predicted octanol–water partition coefficient (Wildman–Crippen LogP) is 1.81. The molecular formula is C12H15N3OS. The van der Waals surface area contributed by atoms with Gasteiger partial charge in [-0.15, -0.1) is 11.8 Å². The SMILES string of the molecule is CSc1ccccc1C(O)Cc1ncnn1C. The van der Waals surface area contributed by atoms with Gasteiger partial charge in [-0.1, -0.05) is 18.2 Å². The highest BCUT2D eigenvalue weighted by Crippen LogP contribution is 2.27. The maximum absolute atomic E-state index is 10.2. The molecule has 1 atom stereocenters. The lowest BCUT2D eigenvalue weighted by Gasteiger charge is -2.13. The smallest absolute Gasteiger partial charge is 0.138 e. The lowest BCUT2D eigenvalue weighted by molar-refractivity contribution is 0.171. The van der Waals surface area contributed by atoms with Gasteiger partial charge in [0.1, 0.15) is 12.2 Å². The normalized spacial score (nSPS) is 12.6. The van der Waals surface area contributed by atoms with E-state index in [0.717, 1.165) is 16.3 Å². The number of hydrogen-bond donors (Lipinski definition) is 1. The minimum absolute atomic E-state index is 0.480. The first-order valence-electron chi connectivity index (χ1n) is 5.36. The molecule has 0 saturated heterocycles. The third kappa shape index (κ3) is 2.68. The molecule has 0 aliphatic carbocycles. The van der Waals surface area contributed by atoms with Crippen molar-refractivity contribution >= 4 is 11.8 Å². The summed E-state index contributed by atoms with van der Waals surface area (Å²) in [5, 5.41) is 14.2. The van der Waals surface area contributed by atoms with E-state index in [4.69, 9.17) is 0 Å². The zero-order valence-electron chi connectivity index (χ0n) is 9.87. The number of benzene rings is 1. The van der Waals surface area contributed by atoms with Gasteiger partial charge in [0.25, 0.3) is 0 Å². The van der Waals surface area contributed by atoms with Gasteiger partial charge in [-0.25, -0.2) is 4.98 Å². The monoisotopic (exact) mass is 249 g/mol. The summed E-state index contributed by atoms with van der Waals surface area (Å²) < 4.78 is 1.69. The maximum Gasteiger partial charge on any atom is 0.138 e. The van der Waals surface area contributed by atoms with Crippen LogP contribution in [0.4, 0.5) is 0 Å². The Bertz CT molecular complexity index is 498. The molecule has 4 nitrogen and oxygen atoms in total. The van der Waals surface area contributed by atoms with Gasteiger partial charge in [-0.05, 0) is 17.9 Å². The summed E-state index contributed by atoms with van der Waals surface area (Å²) in [5.74, 6) is 0.786. The molecule has 0 bridgehead atoms. The van der Waals surface area contributed by atoms with Gasteiger partial charge in [-0.2, -0.15) is 5.10 Å². The number of aliphatic hydroxyl groups excluding tert-OH is 1. The van der Waals surface area contributed by atoms with Gasteiger partial charge in [0.2, 0.25) is 0 Å². The molecule has 0 aliphatic heterocycles. The Labute approximate surface area is 105 Å². The Balaban J connectivity index is 2.20. The fourth-order valence-electron chi connectivity index (χ4n) is 1.73. The number of hydrogen-bond acceptors (Lipinski definition) is 4. The molecule has 17 heavy (non-hydrogen) atoms. The molecule has 90 valence electrons. The number of aryl methyl sites for hydroxylation is 1. The van der Waals surface area contributed by atoms with Crippen LogP contribution in [0.5, 0.6) is 0 Å². The molecule has 0 amide bonds. The fraction of sp³-hybridized carbons (Fsp3) is 0.333. The average molecular weight is 249 g/mol. The van der Waals surface area contributed by atoms with E-state index in [9.17, 15) is 5.11 Å². The van der Waals surface area contributed by atoms with E-state index in [1.165, 1.54) is 6.33 Å². The average Bonchev–Trinajstić information content (AvgIpc) is 2.75. The van der Waals surface area contributed by atoms with Crippen molar-refractivity contribution < 1.29 is 5.11 Å². The van der Waals surface area contributed by atoms with Crippen LogP contribution in [0.15, 0.2) is 35.5 Å². The Kier molecular flexibility index (Phi) is 3.81. The summed E-state index contributed by atoms with van der Waals surface area (Å²) in [5.41, 5.74) is 0.947. The van der Waals surface area contributed by atoms with E-state index in [1.807, 2.05) is 37.6 Å². The van der Waals surface area contributed by atoms with E-state index < -0.39 is 6.10 Å². The molecule has 1 N–H and O–H groups in total. The number of thioether (sulfide) groups is 1. The molecule has 0 spiro atoms. The number of aliphatic hydroxyl groups is 1. The molecule has 0 saturated carbocycles. The van der Waals surface area contributed by atoms with Crippen molar-refractivity contribution in [1.29, 1.82) is 0 Å². The maximum atomic E-state index is 10.2. The highest BCUT2D eigenvalue weighted by Gasteiger charge is 2.14. The molecule has 2 rings (SSSR count). The fourth-order valence-corrected chi connectivity index (χ4v) is 2.38. The summed E-state index contributed by atoms with van der Waals surface area (Å²) >= 11 is 1.64. The summed E-state index contributed by atoms with van der Waals surface area (Å²) in [4.78, 5) is 5.22. The van der Waals surface area contributed by atoms with Crippen LogP contribution >= 0.6 is 11.8 Å². The molecule has 5 heteroatoms. The van der Waals surface area contributed by atoms with Crippen LogP contribution in [0, 0.1) is 0 Å². The second-order valence-corrected chi connectivity index (χ2v) is 4.61. The molecule has 1 heterocycles. The van der Waals surface area contributed by atoms with Crippen molar-refractivity contribution in [1.82, 2.24) is 14.8 Å². The lowest BCUT2D eigenvalue weighted by Crippen LogP contribution is -2.08. The second kappa shape index (κ2) is 5.33. The molecule has 1 unspecified atom stereocenters. The topological polar surface area (TPSA) is 50.9 Å². The van der Waals surface area contributed by atoms with Crippen LogP contribution in [-0.2, 0) is 13.5 Å². The molecular weight excluding hydrogens is 234 g/mol. The van der Waals surface area contributed by atoms with Crippen LogP contribution in [0.25, 0.3) is 0 Å². The van der Waals surface area contributed by atoms with Crippen LogP contribution in [0.2, 0.25) is 0 Å². The first kappa shape index (κ1) is 12.1. The number of rotatable bonds is 4. The van der Waals surface area contributed by atoms with E-state index in [0.29, 0.717) is 6.42 Å². The highest BCUT2D eigenvalue weighted by atomic mass is 32.2. The van der Waals surface area contributed by atoms with Crippen LogP contribution in [0.1, 0.15) is 17.5 Å². The molecule has 0 aliphatic rings. The standard InChI is InChI=1S/C12H15N3OS/c1-15-12(13-8-14-15)7-10(16)9-5-3-4-6-11(9)17-2/h3-6,8,10,16H,7H2,1-2H3. The van der Waals surface area contributed by atoms with Gasteiger partial charge in [0.05, 0.1) is 6.10 Å². The van der Waals surface area contributed by atoms with Gasteiger partial charge >= 0.3 is 0 Å². The van der Waals surface area contributed by atoms with Crippen LogP contribution in [0.3, 0.4) is 0 Å². The van der Waals surface area contributed by atoms with Gasteiger partial charge in [0, 0.05) is 18.4 Å². The lowest BCUT2D eigenvalue weighted by atomic mass is 10.1. The highest BCUT2D eigenvalue weighted by molar-refractivity contribution is 7.98. The van der Waals surface area contributed by atoms with Crippen molar-refractivity contribution in [2.45, 2.75) is 17.4 Å². The minimum Gasteiger partial charge on any atom is -0.388 e. The molecule has 0 radical (unpaired) electrons. The Morgan fingerprint density at radius 3 is 2.82 bits per heavy atom. The van der Waals surface area contributed by atoms with E-state index in [1.54, 1.807) is 16.4 Å². The number of nitrogens with zero attached hydrogens (tertiary/aromatic N) is 3. The zero-order valence-corrected chi connectivity index (χ0v) is 10.7. The summed E-state index contributed by atoms with van der Waals surface area (Å²) in [6.45, 7) is 0. The Morgan fingerprint density at radius 1 is 1.41 bits per heavy atom. The molecule has 1 aromatic carbocycles. The quantitative estimate of drug-likeness (QED) is 0.840. The van der Waals surface area contributed by atoms with Crippen molar-refractivity contribution in [3.63, 3.8) is 0 Å². The van der Waals surface area contributed by atoms with Crippen molar-refractivity contribution in [3.8, 4) is 0 Å². The largest absolute Gasteiger partial charge is 0.388 e.